The average Bonchev–Trinajstić information content (AvgIpc) is 3.68. The van der Waals surface area contributed by atoms with Crippen LogP contribution in [0.15, 0.2) is 180 Å². The minimum absolute atomic E-state index is 0.0574. The Morgan fingerprint density at radius 2 is 1.10 bits per heavy atom. The summed E-state index contributed by atoms with van der Waals surface area (Å²) in [7, 11) is 0. The van der Waals surface area contributed by atoms with Gasteiger partial charge in [-0.15, -0.1) is 0 Å². The van der Waals surface area contributed by atoms with Gasteiger partial charge < -0.3 is 4.42 Å². The first-order chi connectivity index (χ1) is 25.1. The van der Waals surface area contributed by atoms with E-state index in [1.165, 1.54) is 72.0 Å². The van der Waals surface area contributed by atoms with E-state index < -0.39 is 0 Å². The number of furan rings is 1. The van der Waals surface area contributed by atoms with Gasteiger partial charge in [-0.25, -0.2) is 0 Å². The molecule has 1 heterocycles. The molecule has 51 heavy (non-hydrogen) atoms. The highest BCUT2D eigenvalue weighted by atomic mass is 16.3. The fourth-order valence-electron chi connectivity index (χ4n) is 8.83. The van der Waals surface area contributed by atoms with E-state index in [2.05, 4.69) is 190 Å². The van der Waals surface area contributed by atoms with E-state index in [9.17, 15) is 0 Å². The molecule has 0 bridgehead atoms. The molecular weight excluding hydrogens is 617 g/mol. The van der Waals surface area contributed by atoms with Gasteiger partial charge in [0.1, 0.15) is 11.2 Å². The number of fused-ring (bicyclic) bond motifs is 8. The predicted octanol–water partition coefficient (Wildman–Crippen LogP) is 13.6. The van der Waals surface area contributed by atoms with Crippen molar-refractivity contribution in [2.24, 2.45) is 0 Å². The SMILES string of the molecule is CC1(C)c2ccc(-c3cc4c(oc5cccc(C(c6ccccc6)c6ccccc6)c54)c4ccccc34)cc2-c2c(-c3ccccc3)cccc21. The fourth-order valence-corrected chi connectivity index (χ4v) is 8.83. The largest absolute Gasteiger partial charge is 0.455 e. The predicted molar refractivity (Wildman–Crippen MR) is 213 cm³/mol. The number of hydrogen-bond donors (Lipinski definition) is 0. The molecule has 1 nitrogen and oxygen atoms in total. The minimum Gasteiger partial charge on any atom is -0.455 e. The van der Waals surface area contributed by atoms with Gasteiger partial charge in [0.25, 0.3) is 0 Å². The first kappa shape index (κ1) is 29.7. The summed E-state index contributed by atoms with van der Waals surface area (Å²) in [5, 5.41) is 4.66. The summed E-state index contributed by atoms with van der Waals surface area (Å²) in [5.41, 5.74) is 15.9. The van der Waals surface area contributed by atoms with Crippen LogP contribution in [-0.4, -0.2) is 0 Å². The molecule has 1 aromatic heterocycles. The second-order valence-corrected chi connectivity index (χ2v) is 14.4. The standard InChI is InChI=1S/C50H36O/c1-50(2)43-29-28-35(30-41(43)47-36(24-14-26-44(47)50)32-16-6-3-7-17-32)40-31-42-48-39(46(33-18-8-4-9-19-33)34-20-10-5-11-21-34)25-15-27-45(48)51-49(42)38-23-13-12-22-37(38)40/h3-31,46H,1-2H3. The monoisotopic (exact) mass is 652 g/mol. The lowest BCUT2D eigenvalue weighted by Crippen LogP contribution is -2.14. The lowest BCUT2D eigenvalue weighted by atomic mass is 9.81. The maximum atomic E-state index is 6.83. The van der Waals surface area contributed by atoms with Crippen LogP contribution >= 0.6 is 0 Å². The molecule has 0 saturated carbocycles. The van der Waals surface area contributed by atoms with E-state index in [1.807, 2.05) is 0 Å². The summed E-state index contributed by atoms with van der Waals surface area (Å²) in [4.78, 5) is 0. The van der Waals surface area contributed by atoms with Crippen molar-refractivity contribution in [2.45, 2.75) is 25.2 Å². The van der Waals surface area contributed by atoms with Gasteiger partial charge in [-0.2, -0.15) is 0 Å². The van der Waals surface area contributed by atoms with Gasteiger partial charge in [0, 0.05) is 27.5 Å². The van der Waals surface area contributed by atoms with Gasteiger partial charge in [-0.1, -0.05) is 172 Å². The van der Waals surface area contributed by atoms with E-state index in [-0.39, 0.29) is 11.3 Å². The molecule has 0 N–H and O–H groups in total. The topological polar surface area (TPSA) is 13.1 Å². The first-order valence-corrected chi connectivity index (χ1v) is 17.9. The molecule has 1 heteroatoms. The normalized spacial score (nSPS) is 13.2. The lowest BCUT2D eigenvalue weighted by molar-refractivity contribution is 0.660. The van der Waals surface area contributed by atoms with Gasteiger partial charge in [-0.3, -0.25) is 0 Å². The van der Waals surface area contributed by atoms with Crippen LogP contribution in [-0.2, 0) is 5.41 Å². The number of hydrogen-bond acceptors (Lipinski definition) is 1. The smallest absolute Gasteiger partial charge is 0.143 e. The Labute approximate surface area is 298 Å². The fraction of sp³-hybridized carbons (Fsp3) is 0.0800. The van der Waals surface area contributed by atoms with E-state index in [4.69, 9.17) is 4.42 Å². The summed E-state index contributed by atoms with van der Waals surface area (Å²) in [5.74, 6) is 0.0574. The minimum atomic E-state index is -0.0977. The Morgan fingerprint density at radius 1 is 0.451 bits per heavy atom. The second kappa shape index (κ2) is 11.4. The van der Waals surface area contributed by atoms with Gasteiger partial charge in [0.15, 0.2) is 0 Å². The Balaban J connectivity index is 1.25. The zero-order valence-electron chi connectivity index (χ0n) is 28.7. The summed E-state index contributed by atoms with van der Waals surface area (Å²) in [6.07, 6.45) is 0. The molecule has 0 spiro atoms. The molecule has 8 aromatic carbocycles. The van der Waals surface area contributed by atoms with Crippen LogP contribution in [0.2, 0.25) is 0 Å². The van der Waals surface area contributed by atoms with E-state index in [1.54, 1.807) is 0 Å². The van der Waals surface area contributed by atoms with Gasteiger partial charge >= 0.3 is 0 Å². The Morgan fingerprint density at radius 3 is 1.82 bits per heavy atom. The third kappa shape index (κ3) is 4.55. The van der Waals surface area contributed by atoms with Crippen molar-refractivity contribution in [3.05, 3.63) is 204 Å². The third-order valence-corrected chi connectivity index (χ3v) is 11.2. The van der Waals surface area contributed by atoms with Crippen LogP contribution in [0.5, 0.6) is 0 Å². The average molecular weight is 653 g/mol. The Hall–Kier alpha value is -6.18. The van der Waals surface area contributed by atoms with E-state index in [0.29, 0.717) is 0 Å². The second-order valence-electron chi connectivity index (χ2n) is 14.4. The van der Waals surface area contributed by atoms with Crippen molar-refractivity contribution in [3.8, 4) is 33.4 Å². The maximum Gasteiger partial charge on any atom is 0.143 e. The molecule has 0 unspecified atom stereocenters. The van der Waals surface area contributed by atoms with Crippen molar-refractivity contribution < 1.29 is 4.42 Å². The molecule has 0 fully saturated rings. The molecule has 0 saturated heterocycles. The zero-order chi connectivity index (χ0) is 34.1. The number of benzene rings is 8. The molecule has 9 aromatic rings. The van der Waals surface area contributed by atoms with Crippen molar-refractivity contribution in [1.82, 2.24) is 0 Å². The zero-order valence-corrected chi connectivity index (χ0v) is 28.7. The van der Waals surface area contributed by atoms with Crippen LogP contribution in [0.25, 0.3) is 66.1 Å². The van der Waals surface area contributed by atoms with Crippen molar-refractivity contribution in [2.75, 3.05) is 0 Å². The molecule has 0 aliphatic heterocycles. The highest BCUT2D eigenvalue weighted by Crippen LogP contribution is 2.53. The lowest BCUT2D eigenvalue weighted by Gasteiger charge is -2.22. The first-order valence-electron chi connectivity index (χ1n) is 17.9. The quantitative estimate of drug-likeness (QED) is 0.169. The van der Waals surface area contributed by atoms with E-state index >= 15 is 0 Å². The maximum absolute atomic E-state index is 6.83. The molecule has 0 amide bonds. The summed E-state index contributed by atoms with van der Waals surface area (Å²) < 4.78 is 6.83. The summed E-state index contributed by atoms with van der Waals surface area (Å²) in [6.45, 7) is 4.73. The molecule has 10 rings (SSSR count). The van der Waals surface area contributed by atoms with Crippen LogP contribution in [0, 0.1) is 0 Å². The van der Waals surface area contributed by atoms with Gasteiger partial charge in [0.2, 0.25) is 0 Å². The summed E-state index contributed by atoms with van der Waals surface area (Å²) in [6, 6.07) is 64.2. The summed E-state index contributed by atoms with van der Waals surface area (Å²) >= 11 is 0. The van der Waals surface area contributed by atoms with Crippen LogP contribution < -0.4 is 0 Å². The third-order valence-electron chi connectivity index (χ3n) is 11.2. The Kier molecular flexibility index (Phi) is 6.66. The molecule has 0 radical (unpaired) electrons. The van der Waals surface area contributed by atoms with Crippen LogP contribution in [0.3, 0.4) is 0 Å². The van der Waals surface area contributed by atoms with Crippen molar-refractivity contribution in [3.63, 3.8) is 0 Å². The highest BCUT2D eigenvalue weighted by Gasteiger charge is 2.37. The molecule has 242 valence electrons. The van der Waals surface area contributed by atoms with E-state index in [0.717, 1.165) is 21.9 Å². The Bertz CT molecular complexity index is 2710. The molecule has 1 aliphatic carbocycles. The highest BCUT2D eigenvalue weighted by molar-refractivity contribution is 6.20. The molecule has 1 aliphatic rings. The van der Waals surface area contributed by atoms with Crippen molar-refractivity contribution >= 4 is 32.7 Å². The van der Waals surface area contributed by atoms with Gasteiger partial charge in [-0.05, 0) is 84.8 Å². The number of rotatable bonds is 5. The van der Waals surface area contributed by atoms with Crippen molar-refractivity contribution in [1.29, 1.82) is 0 Å². The molecule has 0 atom stereocenters. The van der Waals surface area contributed by atoms with Crippen LogP contribution in [0.1, 0.15) is 47.6 Å². The van der Waals surface area contributed by atoms with Gasteiger partial charge in [0.05, 0.1) is 0 Å². The molecular formula is C50H36O. The van der Waals surface area contributed by atoms with Crippen LogP contribution in [0.4, 0.5) is 0 Å².